The zero-order valence-corrected chi connectivity index (χ0v) is 32.3. The number of anilines is 2. The number of rotatable bonds is 19. The molecule has 2 atom stereocenters. The molecule has 4 N–H and O–H groups in total. The summed E-state index contributed by atoms with van der Waals surface area (Å²) in [7, 11) is 3.32. The number of hydrogen-bond acceptors (Lipinski definition) is 9. The van der Waals surface area contributed by atoms with Crippen molar-refractivity contribution in [2.24, 2.45) is 4.99 Å². The van der Waals surface area contributed by atoms with E-state index in [9.17, 15) is 19.8 Å². The molecule has 3 heterocycles. The molecule has 284 valence electrons. The third-order valence-corrected chi connectivity index (χ3v) is 11.4. The lowest BCUT2D eigenvalue weighted by atomic mass is 10.1. The van der Waals surface area contributed by atoms with Crippen LogP contribution in [-0.4, -0.2) is 97.8 Å². The number of aliphatic hydroxyl groups excluding tert-OH is 2. The van der Waals surface area contributed by atoms with Crippen LogP contribution in [0.2, 0.25) is 0 Å². The van der Waals surface area contributed by atoms with E-state index in [0.717, 1.165) is 71.1 Å². The molecular formula is C42H51N6O4S2+. The van der Waals surface area contributed by atoms with E-state index in [1.54, 1.807) is 33.9 Å². The lowest BCUT2D eigenvalue weighted by molar-refractivity contribution is -0.684. The first-order chi connectivity index (χ1) is 26.3. The van der Waals surface area contributed by atoms with Gasteiger partial charge in [0.15, 0.2) is 12.4 Å². The molecule has 0 spiro atoms. The molecule has 12 heteroatoms. The van der Waals surface area contributed by atoms with Gasteiger partial charge in [0.05, 0.1) is 12.2 Å². The number of aliphatic hydroxyl groups is 2. The second kappa shape index (κ2) is 21.9. The number of nitrogens with one attached hydrogen (secondary N) is 2. The Morgan fingerprint density at radius 2 is 1.30 bits per heavy atom. The number of β-amino-alcohol motifs (C(OH)–C–C–N with tert-alkyl or cyclic N) is 2. The smallest absolute Gasteiger partial charge is 0.286 e. The fourth-order valence-electron chi connectivity index (χ4n) is 5.94. The molecule has 2 unspecified atom stereocenters. The minimum absolute atomic E-state index is 0.0382. The average molecular weight is 768 g/mol. The highest BCUT2D eigenvalue weighted by Crippen LogP contribution is 2.23. The Hall–Kier alpha value is -4.62. The molecule has 54 heavy (non-hydrogen) atoms. The van der Waals surface area contributed by atoms with Crippen LogP contribution in [0.25, 0.3) is 18.2 Å². The molecule has 5 rings (SSSR count). The largest absolute Gasteiger partial charge is 0.391 e. The summed E-state index contributed by atoms with van der Waals surface area (Å²) in [6.45, 7) is 8.43. The predicted octanol–water partition coefficient (Wildman–Crippen LogP) is 4.80. The molecule has 0 radical (unpaired) electrons. The number of pyridine rings is 1. The maximum absolute atomic E-state index is 12.4. The summed E-state index contributed by atoms with van der Waals surface area (Å²) in [6, 6.07) is 20.6. The van der Waals surface area contributed by atoms with Gasteiger partial charge in [0, 0.05) is 80.5 Å². The number of carbonyl (C=O) groups is 2. The van der Waals surface area contributed by atoms with Crippen molar-refractivity contribution in [1.82, 2.24) is 10.6 Å². The molecule has 1 aromatic heterocycles. The normalized spacial score (nSPS) is 17.6. The first-order valence-corrected chi connectivity index (χ1v) is 20.9. The number of allylic oxidation sites excluding steroid dienone is 4. The Kier molecular flexibility index (Phi) is 16.5. The third kappa shape index (κ3) is 14.0. The van der Waals surface area contributed by atoms with E-state index in [2.05, 4.69) is 92.7 Å². The van der Waals surface area contributed by atoms with Gasteiger partial charge in [-0.2, -0.15) is 4.57 Å². The molecule has 2 aliphatic heterocycles. The van der Waals surface area contributed by atoms with Crippen LogP contribution >= 0.6 is 21.6 Å². The van der Waals surface area contributed by atoms with Gasteiger partial charge in [0.1, 0.15) is 6.54 Å². The quantitative estimate of drug-likeness (QED) is 0.0452. The fraction of sp³-hybridized carbons (Fsp3) is 0.333. The molecule has 10 nitrogen and oxygen atoms in total. The van der Waals surface area contributed by atoms with Crippen LogP contribution in [0.15, 0.2) is 108 Å². The minimum atomic E-state index is -0.245. The number of amides is 2. The summed E-state index contributed by atoms with van der Waals surface area (Å²) in [5, 5.41) is 25.4. The third-order valence-electron chi connectivity index (χ3n) is 8.96. The summed E-state index contributed by atoms with van der Waals surface area (Å²) < 4.78 is 1.86. The summed E-state index contributed by atoms with van der Waals surface area (Å²) in [5.74, 6) is 1.35. The van der Waals surface area contributed by atoms with Gasteiger partial charge in [-0.25, -0.2) is 0 Å². The van der Waals surface area contributed by atoms with Crippen molar-refractivity contribution in [1.29, 1.82) is 0 Å². The van der Waals surface area contributed by atoms with E-state index >= 15 is 0 Å². The van der Waals surface area contributed by atoms with E-state index in [-0.39, 0.29) is 37.1 Å². The number of aromatic nitrogens is 1. The lowest BCUT2D eigenvalue weighted by Crippen LogP contribution is -2.42. The Balaban J connectivity index is 0.879. The lowest BCUT2D eigenvalue weighted by Gasteiger charge is -2.17. The highest BCUT2D eigenvalue weighted by Gasteiger charge is 2.21. The SMILES string of the molecule is C=CC(/C=C/c1ccc(N2CCC(O)C2)cc1)=C\C=N\CC(=O)NCCSSCCNC(=O)C[n+]1ccc(/C=C/c2ccc(N3CCC(O)C3)cc2)cc1. The summed E-state index contributed by atoms with van der Waals surface area (Å²) in [5.41, 5.74) is 6.35. The molecule has 0 saturated carbocycles. The monoisotopic (exact) mass is 767 g/mol. The van der Waals surface area contributed by atoms with Crippen LogP contribution in [0.5, 0.6) is 0 Å². The van der Waals surface area contributed by atoms with Gasteiger partial charge < -0.3 is 30.6 Å². The van der Waals surface area contributed by atoms with E-state index in [1.165, 1.54) is 0 Å². The maximum atomic E-state index is 12.4. The summed E-state index contributed by atoms with van der Waals surface area (Å²) in [4.78, 5) is 33.2. The van der Waals surface area contributed by atoms with Crippen LogP contribution in [0.3, 0.4) is 0 Å². The Bertz CT molecular complexity index is 1780. The van der Waals surface area contributed by atoms with Crippen LogP contribution in [0.4, 0.5) is 11.4 Å². The number of hydrogen-bond donors (Lipinski definition) is 4. The number of nitrogens with zero attached hydrogens (tertiary/aromatic N) is 4. The van der Waals surface area contributed by atoms with E-state index < -0.39 is 0 Å². The first kappa shape index (κ1) is 40.6. The first-order valence-electron chi connectivity index (χ1n) is 18.4. The van der Waals surface area contributed by atoms with Crippen molar-refractivity contribution in [2.75, 3.05) is 67.1 Å². The van der Waals surface area contributed by atoms with Crippen LogP contribution in [0.1, 0.15) is 29.5 Å². The van der Waals surface area contributed by atoms with E-state index in [0.29, 0.717) is 26.2 Å². The van der Waals surface area contributed by atoms with Gasteiger partial charge in [-0.15, -0.1) is 0 Å². The second-order valence-corrected chi connectivity index (χ2v) is 15.8. The fourth-order valence-corrected chi connectivity index (χ4v) is 7.75. The molecule has 2 saturated heterocycles. The molecule has 2 aromatic carbocycles. The molecule has 2 aliphatic rings. The molecule has 0 bridgehead atoms. The zero-order valence-electron chi connectivity index (χ0n) is 30.6. The van der Waals surface area contributed by atoms with Crippen molar-refractivity contribution in [3.63, 3.8) is 0 Å². The van der Waals surface area contributed by atoms with Crippen LogP contribution in [-0.2, 0) is 16.1 Å². The Morgan fingerprint density at radius 3 is 1.81 bits per heavy atom. The minimum Gasteiger partial charge on any atom is -0.391 e. The van der Waals surface area contributed by atoms with E-state index in [4.69, 9.17) is 0 Å². The number of aliphatic imine (C=N–C) groups is 1. The highest BCUT2D eigenvalue weighted by atomic mass is 33.1. The van der Waals surface area contributed by atoms with Gasteiger partial charge in [-0.05, 0) is 65.4 Å². The second-order valence-electron chi connectivity index (χ2n) is 13.1. The van der Waals surface area contributed by atoms with Gasteiger partial charge in [-0.1, -0.05) is 82.8 Å². The summed E-state index contributed by atoms with van der Waals surface area (Å²) >= 11 is 0. The van der Waals surface area contributed by atoms with Crippen molar-refractivity contribution >= 4 is 69.2 Å². The highest BCUT2D eigenvalue weighted by molar-refractivity contribution is 8.76. The Morgan fingerprint density at radius 1 is 0.778 bits per heavy atom. The molecule has 2 fully saturated rings. The topological polar surface area (TPSA) is 121 Å². The van der Waals surface area contributed by atoms with Gasteiger partial charge >= 0.3 is 0 Å². The number of benzene rings is 2. The van der Waals surface area contributed by atoms with E-state index in [1.807, 2.05) is 47.3 Å². The van der Waals surface area contributed by atoms with Gasteiger partial charge in [-0.3, -0.25) is 14.6 Å². The average Bonchev–Trinajstić information content (AvgIpc) is 3.83. The molecule has 0 aliphatic carbocycles. The van der Waals surface area contributed by atoms with Crippen molar-refractivity contribution in [3.8, 4) is 0 Å². The van der Waals surface area contributed by atoms with Crippen molar-refractivity contribution in [2.45, 2.75) is 31.6 Å². The van der Waals surface area contributed by atoms with Crippen molar-refractivity contribution in [3.05, 3.63) is 120 Å². The maximum Gasteiger partial charge on any atom is 0.286 e. The standard InChI is InChI=1S/C42H50N6O4S2/c1-2-33(3-4-34-7-11-37(12-8-34)47-25-18-39(49)30-47)15-20-43-29-41(51)44-21-27-53-54-28-22-45-42(52)32-46-23-16-36(17-24-46)6-5-35-9-13-38(14-10-35)48-26-19-40(50)31-48/h2-17,20,23-24,39-40,49-50H,1,18-19,21-22,25-32H2,(H-,44,45,51,52)/p+1/b4-3+,33-15+,43-20+. The van der Waals surface area contributed by atoms with Gasteiger partial charge in [0.2, 0.25) is 12.5 Å². The summed E-state index contributed by atoms with van der Waals surface area (Å²) in [6.07, 6.45) is 18.2. The molecule has 2 amide bonds. The van der Waals surface area contributed by atoms with Crippen molar-refractivity contribution < 1.29 is 24.4 Å². The van der Waals surface area contributed by atoms with Crippen LogP contribution in [0, 0.1) is 0 Å². The predicted molar refractivity (Wildman–Crippen MR) is 226 cm³/mol. The van der Waals surface area contributed by atoms with Crippen LogP contribution < -0.4 is 25.0 Å². The molecule has 3 aromatic rings. The zero-order chi connectivity index (χ0) is 38.0. The molecular weight excluding hydrogens is 717 g/mol. The van der Waals surface area contributed by atoms with Gasteiger partial charge in [0.25, 0.3) is 5.91 Å². The Labute approximate surface area is 326 Å². The number of carbonyl (C=O) groups excluding carboxylic acids is 2.